The maximum Gasteiger partial charge on any atom is 0.258 e. The van der Waals surface area contributed by atoms with Crippen molar-refractivity contribution in [3.8, 4) is 5.75 Å². The normalized spacial score (nSPS) is 12.3. The number of hydrogen-bond acceptors (Lipinski definition) is 4. The minimum absolute atomic E-state index is 0.132. The van der Waals surface area contributed by atoms with Crippen molar-refractivity contribution in [2.24, 2.45) is 0 Å². The van der Waals surface area contributed by atoms with Crippen molar-refractivity contribution in [1.29, 1.82) is 0 Å². The van der Waals surface area contributed by atoms with Crippen LogP contribution in [0.3, 0.4) is 0 Å². The van der Waals surface area contributed by atoms with Crippen LogP contribution in [0.15, 0.2) is 48.5 Å². The lowest BCUT2D eigenvalue weighted by Gasteiger charge is -2.16. The van der Waals surface area contributed by atoms with Gasteiger partial charge in [-0.3, -0.25) is 9.52 Å². The minimum atomic E-state index is -3.35. The summed E-state index contributed by atoms with van der Waals surface area (Å²) in [5.41, 5.74) is 1.21. The number of rotatable bonds is 7. The Kier molecular flexibility index (Phi) is 6.27. The molecule has 6 nitrogen and oxygen atoms in total. The molecular weight excluding hydrogens is 364 g/mol. The molecule has 2 aromatic rings. The molecule has 0 aliphatic rings. The molecule has 0 bridgehead atoms. The highest BCUT2D eigenvalue weighted by atomic mass is 35.5. The van der Waals surface area contributed by atoms with E-state index in [0.717, 1.165) is 11.8 Å². The van der Waals surface area contributed by atoms with Crippen LogP contribution in [-0.4, -0.2) is 27.2 Å². The van der Waals surface area contributed by atoms with Crippen LogP contribution >= 0.6 is 11.6 Å². The average Bonchev–Trinajstić information content (AvgIpc) is 2.53. The monoisotopic (exact) mass is 382 g/mol. The van der Waals surface area contributed by atoms with Crippen molar-refractivity contribution in [3.05, 3.63) is 59.1 Å². The molecular formula is C17H19ClN2O4S. The van der Waals surface area contributed by atoms with Crippen LogP contribution in [0.2, 0.25) is 5.02 Å². The molecule has 0 aliphatic heterocycles. The van der Waals surface area contributed by atoms with E-state index in [0.29, 0.717) is 16.5 Å². The summed E-state index contributed by atoms with van der Waals surface area (Å²) in [6.07, 6.45) is 1.08. The maximum atomic E-state index is 12.0. The van der Waals surface area contributed by atoms with Gasteiger partial charge in [0.25, 0.3) is 5.91 Å². The number of ether oxygens (including phenoxy) is 1. The summed E-state index contributed by atoms with van der Waals surface area (Å²) in [4.78, 5) is 12.0. The van der Waals surface area contributed by atoms with E-state index in [1.165, 1.54) is 0 Å². The number of carbonyl (C=O) groups excluding carboxylic acids is 1. The van der Waals surface area contributed by atoms with Gasteiger partial charge in [0.2, 0.25) is 10.0 Å². The number of benzene rings is 2. The lowest BCUT2D eigenvalue weighted by Crippen LogP contribution is -2.31. The lowest BCUT2D eigenvalue weighted by molar-refractivity contribution is -0.123. The number of amides is 1. The van der Waals surface area contributed by atoms with Gasteiger partial charge in [0.1, 0.15) is 5.75 Å². The van der Waals surface area contributed by atoms with Crippen molar-refractivity contribution in [2.45, 2.75) is 13.0 Å². The van der Waals surface area contributed by atoms with Crippen LogP contribution in [0.1, 0.15) is 18.5 Å². The fraction of sp³-hybridized carbons (Fsp3) is 0.235. The maximum absolute atomic E-state index is 12.0. The van der Waals surface area contributed by atoms with Gasteiger partial charge >= 0.3 is 0 Å². The summed E-state index contributed by atoms with van der Waals surface area (Å²) in [5.74, 6) is 0.260. The van der Waals surface area contributed by atoms with Gasteiger partial charge in [0.15, 0.2) is 6.61 Å². The highest BCUT2D eigenvalue weighted by molar-refractivity contribution is 7.92. The fourth-order valence-electron chi connectivity index (χ4n) is 2.13. The van der Waals surface area contributed by atoms with E-state index in [1.807, 2.05) is 0 Å². The first-order valence-corrected chi connectivity index (χ1v) is 9.75. The van der Waals surface area contributed by atoms with Crippen LogP contribution in [-0.2, 0) is 14.8 Å². The zero-order valence-corrected chi connectivity index (χ0v) is 15.4. The quantitative estimate of drug-likeness (QED) is 0.771. The van der Waals surface area contributed by atoms with Gasteiger partial charge < -0.3 is 10.1 Å². The average molecular weight is 383 g/mol. The molecule has 0 heterocycles. The molecule has 0 fully saturated rings. The van der Waals surface area contributed by atoms with Crippen molar-refractivity contribution in [1.82, 2.24) is 5.32 Å². The van der Waals surface area contributed by atoms with Gasteiger partial charge in [0, 0.05) is 10.7 Å². The van der Waals surface area contributed by atoms with Crippen molar-refractivity contribution >= 4 is 33.2 Å². The van der Waals surface area contributed by atoms with Crippen LogP contribution in [0.5, 0.6) is 5.75 Å². The second kappa shape index (κ2) is 8.22. The van der Waals surface area contributed by atoms with E-state index in [9.17, 15) is 13.2 Å². The first-order valence-electron chi connectivity index (χ1n) is 7.48. The van der Waals surface area contributed by atoms with Crippen LogP contribution in [0.25, 0.3) is 0 Å². The standard InChI is InChI=1S/C17H19ClN2O4S/c1-12(13-4-3-5-15(10-13)20-25(2,22)23)19-17(21)11-24-16-8-6-14(18)7-9-16/h3-10,12,20H,11H2,1-2H3,(H,19,21). The second-order valence-electron chi connectivity index (χ2n) is 5.53. The molecule has 134 valence electrons. The van der Waals surface area contributed by atoms with Gasteiger partial charge in [-0.15, -0.1) is 0 Å². The van der Waals surface area contributed by atoms with Crippen LogP contribution < -0.4 is 14.8 Å². The Morgan fingerprint density at radius 2 is 1.88 bits per heavy atom. The van der Waals surface area contributed by atoms with Gasteiger partial charge in [-0.25, -0.2) is 8.42 Å². The lowest BCUT2D eigenvalue weighted by atomic mass is 10.1. The van der Waals surface area contributed by atoms with Crippen molar-refractivity contribution in [3.63, 3.8) is 0 Å². The molecule has 0 saturated carbocycles. The molecule has 2 rings (SSSR count). The molecule has 2 N–H and O–H groups in total. The Hall–Kier alpha value is -2.25. The smallest absolute Gasteiger partial charge is 0.258 e. The third-order valence-electron chi connectivity index (χ3n) is 3.25. The number of sulfonamides is 1. The predicted molar refractivity (Wildman–Crippen MR) is 98.4 cm³/mol. The molecule has 0 spiro atoms. The van der Waals surface area contributed by atoms with Crippen molar-refractivity contribution in [2.75, 3.05) is 17.6 Å². The summed E-state index contributed by atoms with van der Waals surface area (Å²) in [6, 6.07) is 13.2. The molecule has 0 saturated heterocycles. The van der Waals surface area contributed by atoms with E-state index in [1.54, 1.807) is 55.5 Å². The molecule has 0 radical (unpaired) electrons. The largest absolute Gasteiger partial charge is 0.484 e. The minimum Gasteiger partial charge on any atom is -0.484 e. The highest BCUT2D eigenvalue weighted by Gasteiger charge is 2.11. The van der Waals surface area contributed by atoms with Gasteiger partial charge in [-0.2, -0.15) is 0 Å². The molecule has 25 heavy (non-hydrogen) atoms. The molecule has 0 aliphatic carbocycles. The number of anilines is 1. The second-order valence-corrected chi connectivity index (χ2v) is 7.72. The van der Waals surface area contributed by atoms with Gasteiger partial charge in [-0.05, 0) is 48.9 Å². The summed E-state index contributed by atoms with van der Waals surface area (Å²) in [7, 11) is -3.35. The molecule has 2 aromatic carbocycles. The Morgan fingerprint density at radius 1 is 1.20 bits per heavy atom. The topological polar surface area (TPSA) is 84.5 Å². The number of nitrogens with one attached hydrogen (secondary N) is 2. The molecule has 1 amide bonds. The zero-order chi connectivity index (χ0) is 18.4. The Morgan fingerprint density at radius 3 is 2.52 bits per heavy atom. The van der Waals surface area contributed by atoms with E-state index in [-0.39, 0.29) is 18.6 Å². The van der Waals surface area contributed by atoms with Crippen LogP contribution in [0.4, 0.5) is 5.69 Å². The van der Waals surface area contributed by atoms with E-state index < -0.39 is 10.0 Å². The first kappa shape index (κ1) is 19.1. The Labute approximate surface area is 152 Å². The summed E-state index contributed by atoms with van der Waals surface area (Å²) in [5, 5.41) is 3.39. The van der Waals surface area contributed by atoms with Gasteiger partial charge in [-0.1, -0.05) is 23.7 Å². The third kappa shape index (κ3) is 6.64. The Bertz CT molecular complexity index is 838. The van der Waals surface area contributed by atoms with E-state index in [4.69, 9.17) is 16.3 Å². The number of carbonyl (C=O) groups is 1. The summed E-state index contributed by atoms with van der Waals surface area (Å²) >= 11 is 5.79. The highest BCUT2D eigenvalue weighted by Crippen LogP contribution is 2.18. The van der Waals surface area contributed by atoms with E-state index >= 15 is 0 Å². The zero-order valence-electron chi connectivity index (χ0n) is 13.8. The third-order valence-corrected chi connectivity index (χ3v) is 4.11. The van der Waals surface area contributed by atoms with Gasteiger partial charge in [0.05, 0.1) is 12.3 Å². The first-order chi connectivity index (χ1) is 11.7. The fourth-order valence-corrected chi connectivity index (χ4v) is 2.81. The number of hydrogen-bond donors (Lipinski definition) is 2. The molecule has 1 unspecified atom stereocenters. The summed E-state index contributed by atoms with van der Waals surface area (Å²) in [6.45, 7) is 1.67. The predicted octanol–water partition coefficient (Wildman–Crippen LogP) is 2.97. The Balaban J connectivity index is 1.92. The van der Waals surface area contributed by atoms with Crippen LogP contribution in [0, 0.1) is 0 Å². The number of halogens is 1. The SMILES string of the molecule is CC(NC(=O)COc1ccc(Cl)cc1)c1cccc(NS(C)(=O)=O)c1. The molecule has 8 heteroatoms. The summed E-state index contributed by atoms with van der Waals surface area (Å²) < 4.78 is 30.4. The van der Waals surface area contributed by atoms with Crippen molar-refractivity contribution < 1.29 is 17.9 Å². The molecule has 1 atom stereocenters. The van der Waals surface area contributed by atoms with E-state index in [2.05, 4.69) is 10.0 Å². The molecule has 0 aromatic heterocycles.